The summed E-state index contributed by atoms with van der Waals surface area (Å²) in [7, 11) is 0. The number of imide groups is 1. The highest BCUT2D eigenvalue weighted by Gasteiger charge is 2.69. The Kier molecular flexibility index (Phi) is 4.34. The van der Waals surface area contributed by atoms with Crippen LogP contribution in [0.15, 0.2) is 54.6 Å². The molecule has 2 N–H and O–H groups in total. The van der Waals surface area contributed by atoms with Gasteiger partial charge in [0.1, 0.15) is 5.82 Å². The number of anilines is 1. The van der Waals surface area contributed by atoms with E-state index in [1.807, 2.05) is 0 Å². The van der Waals surface area contributed by atoms with Crippen LogP contribution in [0.4, 0.5) is 28.0 Å². The molecular weight excluding hydrogens is 370 g/mol. The molecule has 0 unspecified atom stereocenters. The summed E-state index contributed by atoms with van der Waals surface area (Å²) >= 11 is 0. The fourth-order valence-electron chi connectivity index (χ4n) is 2.56. The number of hydrogen-bond acceptors (Lipinski definition) is 3. The summed E-state index contributed by atoms with van der Waals surface area (Å²) in [6.07, 6.45) is -5.38. The summed E-state index contributed by atoms with van der Waals surface area (Å²) in [6, 6.07) is 9.65. The van der Waals surface area contributed by atoms with Gasteiger partial charge in [-0.05, 0) is 24.3 Å². The Morgan fingerprint density at radius 2 is 1.59 bits per heavy atom. The minimum absolute atomic E-state index is 0.00803. The summed E-state index contributed by atoms with van der Waals surface area (Å²) in [5, 5.41) is 2.99. The zero-order chi connectivity index (χ0) is 19.8. The van der Waals surface area contributed by atoms with Crippen molar-refractivity contribution in [3.05, 3.63) is 66.0 Å². The molecule has 6 nitrogen and oxygen atoms in total. The molecule has 1 saturated heterocycles. The molecule has 2 aromatic rings. The third-order valence-corrected chi connectivity index (χ3v) is 3.88. The van der Waals surface area contributed by atoms with Crippen LogP contribution >= 0.6 is 0 Å². The number of carbonyl (C=O) groups excluding carboxylic acids is 3. The van der Waals surface area contributed by atoms with Crippen LogP contribution in [0.2, 0.25) is 0 Å². The Hall–Kier alpha value is -3.43. The van der Waals surface area contributed by atoms with Gasteiger partial charge in [-0.25, -0.2) is 14.1 Å². The molecule has 140 valence electrons. The number of nitrogens with one attached hydrogen (secondary N) is 2. The van der Waals surface area contributed by atoms with E-state index in [9.17, 15) is 31.9 Å². The maximum atomic E-state index is 13.9. The van der Waals surface area contributed by atoms with Crippen LogP contribution in [-0.4, -0.2) is 29.7 Å². The standard InChI is InChI=1S/C17H11F4N3O3/c18-11-8-4-5-9-12(11)24-14(26)16(17(19,20)21,23-15(24)27)22-13(25)10-6-2-1-3-7-10/h1-9H,(H,22,25)(H,23,27)/t16-/m1/s1. The monoisotopic (exact) mass is 381 g/mol. The fourth-order valence-corrected chi connectivity index (χ4v) is 2.56. The smallest absolute Gasteiger partial charge is 0.314 e. The predicted molar refractivity (Wildman–Crippen MR) is 85.1 cm³/mol. The van der Waals surface area contributed by atoms with E-state index in [2.05, 4.69) is 0 Å². The van der Waals surface area contributed by atoms with E-state index in [-0.39, 0.29) is 10.5 Å². The number of urea groups is 1. The molecule has 1 heterocycles. The first-order chi connectivity index (χ1) is 12.7. The van der Waals surface area contributed by atoms with Crippen molar-refractivity contribution in [1.82, 2.24) is 10.6 Å². The Balaban J connectivity index is 2.03. The number of carbonyl (C=O) groups is 3. The predicted octanol–water partition coefficient (Wildman–Crippen LogP) is 2.57. The molecule has 2 aromatic carbocycles. The van der Waals surface area contributed by atoms with Crippen molar-refractivity contribution in [3.63, 3.8) is 0 Å². The van der Waals surface area contributed by atoms with Gasteiger partial charge in [-0.15, -0.1) is 0 Å². The maximum Gasteiger partial charge on any atom is 0.440 e. The number of hydrogen-bond donors (Lipinski definition) is 2. The Morgan fingerprint density at radius 1 is 1.00 bits per heavy atom. The van der Waals surface area contributed by atoms with Crippen LogP contribution < -0.4 is 15.5 Å². The van der Waals surface area contributed by atoms with Crippen LogP contribution in [0.25, 0.3) is 0 Å². The summed E-state index contributed by atoms with van der Waals surface area (Å²) in [6.45, 7) is 0. The van der Waals surface area contributed by atoms with Gasteiger partial charge in [0, 0.05) is 5.56 Å². The molecule has 1 atom stereocenters. The first-order valence-electron chi connectivity index (χ1n) is 7.53. The topological polar surface area (TPSA) is 78.5 Å². The van der Waals surface area contributed by atoms with Crippen molar-refractivity contribution in [2.45, 2.75) is 11.8 Å². The minimum Gasteiger partial charge on any atom is -0.314 e. The van der Waals surface area contributed by atoms with E-state index < -0.39 is 41.2 Å². The van der Waals surface area contributed by atoms with Crippen molar-refractivity contribution in [2.24, 2.45) is 0 Å². The molecule has 3 rings (SSSR count). The Bertz CT molecular complexity index is 917. The van der Waals surface area contributed by atoms with Crippen molar-refractivity contribution in [2.75, 3.05) is 4.90 Å². The molecule has 1 aliphatic heterocycles. The molecule has 4 amide bonds. The van der Waals surface area contributed by atoms with Gasteiger partial charge >= 0.3 is 12.2 Å². The molecular formula is C17H11F4N3O3. The molecule has 10 heteroatoms. The molecule has 27 heavy (non-hydrogen) atoms. The lowest BCUT2D eigenvalue weighted by atomic mass is 10.1. The van der Waals surface area contributed by atoms with Crippen molar-refractivity contribution in [3.8, 4) is 0 Å². The largest absolute Gasteiger partial charge is 0.440 e. The van der Waals surface area contributed by atoms with Gasteiger partial charge < -0.3 is 5.32 Å². The van der Waals surface area contributed by atoms with Gasteiger partial charge in [0.2, 0.25) is 0 Å². The summed E-state index contributed by atoms with van der Waals surface area (Å²) < 4.78 is 55.1. The number of para-hydroxylation sites is 1. The van der Waals surface area contributed by atoms with Crippen molar-refractivity contribution < 1.29 is 31.9 Å². The minimum atomic E-state index is -5.38. The number of nitrogens with zero attached hydrogens (tertiary/aromatic N) is 1. The molecule has 0 aromatic heterocycles. The van der Waals surface area contributed by atoms with Gasteiger partial charge in [0.05, 0.1) is 5.69 Å². The van der Waals surface area contributed by atoms with Gasteiger partial charge in [0.15, 0.2) is 0 Å². The highest BCUT2D eigenvalue weighted by atomic mass is 19.4. The van der Waals surface area contributed by atoms with Crippen molar-refractivity contribution >= 4 is 23.5 Å². The third-order valence-electron chi connectivity index (χ3n) is 3.88. The highest BCUT2D eigenvalue weighted by Crippen LogP contribution is 2.36. The second-order valence-electron chi connectivity index (χ2n) is 5.59. The van der Waals surface area contributed by atoms with E-state index in [1.165, 1.54) is 47.0 Å². The third kappa shape index (κ3) is 2.98. The lowest BCUT2D eigenvalue weighted by Crippen LogP contribution is -2.69. The molecule has 0 saturated carbocycles. The SMILES string of the molecule is O=C(N[C@@]1(C(F)(F)F)NC(=O)N(c2ccccc2F)C1=O)c1ccccc1. The van der Waals surface area contributed by atoms with Gasteiger partial charge in [-0.2, -0.15) is 13.2 Å². The van der Waals surface area contributed by atoms with E-state index in [4.69, 9.17) is 0 Å². The van der Waals surface area contributed by atoms with E-state index in [0.29, 0.717) is 0 Å². The number of benzene rings is 2. The summed E-state index contributed by atoms with van der Waals surface area (Å²) in [5.74, 6) is -4.18. The molecule has 1 fully saturated rings. The van der Waals surface area contributed by atoms with Crippen LogP contribution in [-0.2, 0) is 4.79 Å². The summed E-state index contributed by atoms with van der Waals surface area (Å²) in [5.41, 5.74) is -4.55. The zero-order valence-electron chi connectivity index (χ0n) is 13.4. The quantitative estimate of drug-likeness (QED) is 0.634. The number of rotatable bonds is 3. The normalized spacial score (nSPS) is 19.8. The van der Waals surface area contributed by atoms with E-state index >= 15 is 0 Å². The Labute approximate surface area is 149 Å². The maximum absolute atomic E-state index is 13.9. The van der Waals surface area contributed by atoms with Crippen LogP contribution in [0.3, 0.4) is 0 Å². The van der Waals surface area contributed by atoms with Crippen LogP contribution in [0, 0.1) is 5.82 Å². The first kappa shape index (κ1) is 18.4. The summed E-state index contributed by atoms with van der Waals surface area (Å²) in [4.78, 5) is 36.9. The van der Waals surface area contributed by atoms with Gasteiger partial charge in [-0.1, -0.05) is 30.3 Å². The zero-order valence-corrected chi connectivity index (χ0v) is 13.4. The number of halogens is 4. The highest BCUT2D eigenvalue weighted by molar-refractivity contribution is 6.24. The van der Waals surface area contributed by atoms with Gasteiger partial charge in [-0.3, -0.25) is 14.9 Å². The lowest BCUT2D eigenvalue weighted by Gasteiger charge is -2.29. The number of amides is 4. The fraction of sp³-hybridized carbons (Fsp3) is 0.118. The second kappa shape index (κ2) is 6.38. The first-order valence-corrected chi connectivity index (χ1v) is 7.53. The Morgan fingerprint density at radius 3 is 2.19 bits per heavy atom. The molecule has 0 spiro atoms. The number of alkyl halides is 3. The molecule has 1 aliphatic rings. The average molecular weight is 381 g/mol. The van der Waals surface area contributed by atoms with Gasteiger partial charge in [0.25, 0.3) is 17.5 Å². The van der Waals surface area contributed by atoms with Crippen LogP contribution in [0.5, 0.6) is 0 Å². The second-order valence-corrected chi connectivity index (χ2v) is 5.59. The van der Waals surface area contributed by atoms with E-state index in [1.54, 1.807) is 6.07 Å². The van der Waals surface area contributed by atoms with Crippen molar-refractivity contribution in [1.29, 1.82) is 0 Å². The average Bonchev–Trinajstić information content (AvgIpc) is 2.87. The molecule has 0 aliphatic carbocycles. The van der Waals surface area contributed by atoms with Crippen LogP contribution in [0.1, 0.15) is 10.4 Å². The molecule has 0 bridgehead atoms. The van der Waals surface area contributed by atoms with E-state index in [0.717, 1.165) is 12.1 Å². The lowest BCUT2D eigenvalue weighted by molar-refractivity contribution is -0.197. The molecule has 0 radical (unpaired) electrons.